The maximum absolute atomic E-state index is 8.87. The van der Waals surface area contributed by atoms with E-state index in [-0.39, 0.29) is 18.8 Å². The van der Waals surface area contributed by atoms with Gasteiger partial charge in [-0.1, -0.05) is 0 Å². The molecule has 0 aromatic carbocycles. The van der Waals surface area contributed by atoms with Gasteiger partial charge in [-0.15, -0.1) is 0 Å². The fraction of sp³-hybridized carbons (Fsp3) is 1.00. The summed E-state index contributed by atoms with van der Waals surface area (Å²) < 4.78 is 5.27. The molecule has 0 aromatic heterocycles. The zero-order valence-electron chi connectivity index (χ0n) is 7.29. The molecule has 0 saturated heterocycles. The van der Waals surface area contributed by atoms with Crippen LogP contribution in [-0.2, 0) is 4.74 Å². The highest BCUT2D eigenvalue weighted by atomic mass is 16.5. The predicted octanol–water partition coefficient (Wildman–Crippen LogP) is 0.545. The minimum atomic E-state index is -0.295. The van der Waals surface area contributed by atoms with E-state index < -0.39 is 0 Å². The minimum absolute atomic E-state index is 0.0961. The summed E-state index contributed by atoms with van der Waals surface area (Å²) in [5, 5.41) is 17.4. The van der Waals surface area contributed by atoms with E-state index >= 15 is 0 Å². The van der Waals surface area contributed by atoms with Crippen molar-refractivity contribution in [2.45, 2.75) is 38.9 Å². The molecule has 0 aliphatic rings. The Morgan fingerprint density at radius 2 is 1.91 bits per heavy atom. The Balaban J connectivity index is 3.10. The number of aliphatic hydroxyl groups excluding tert-OH is 2. The van der Waals surface area contributed by atoms with Gasteiger partial charge in [-0.2, -0.15) is 0 Å². The smallest absolute Gasteiger partial charge is 0.0568 e. The van der Waals surface area contributed by atoms with Crippen LogP contribution in [0.2, 0.25) is 0 Å². The van der Waals surface area contributed by atoms with Crippen LogP contribution in [0.4, 0.5) is 0 Å². The van der Waals surface area contributed by atoms with E-state index in [1.165, 1.54) is 0 Å². The van der Waals surface area contributed by atoms with Crippen LogP contribution in [0.3, 0.4) is 0 Å². The van der Waals surface area contributed by atoms with Crippen molar-refractivity contribution >= 4 is 0 Å². The highest BCUT2D eigenvalue weighted by Gasteiger charge is 2.01. The van der Waals surface area contributed by atoms with Crippen LogP contribution in [0.15, 0.2) is 0 Å². The number of rotatable bonds is 6. The highest BCUT2D eigenvalue weighted by molar-refractivity contribution is 4.50. The van der Waals surface area contributed by atoms with Crippen molar-refractivity contribution in [2.24, 2.45) is 0 Å². The van der Waals surface area contributed by atoms with E-state index in [4.69, 9.17) is 14.9 Å². The molecule has 0 bridgehead atoms. The van der Waals surface area contributed by atoms with E-state index in [0.717, 1.165) is 0 Å². The predicted molar refractivity (Wildman–Crippen MR) is 43.4 cm³/mol. The lowest BCUT2D eigenvalue weighted by Gasteiger charge is -2.11. The molecule has 0 aliphatic heterocycles. The van der Waals surface area contributed by atoms with Crippen molar-refractivity contribution in [1.82, 2.24) is 0 Å². The van der Waals surface area contributed by atoms with E-state index in [0.29, 0.717) is 19.4 Å². The van der Waals surface area contributed by atoms with Gasteiger partial charge >= 0.3 is 0 Å². The largest absolute Gasteiger partial charge is 0.396 e. The first-order chi connectivity index (χ1) is 5.16. The zero-order chi connectivity index (χ0) is 8.69. The molecule has 11 heavy (non-hydrogen) atoms. The van der Waals surface area contributed by atoms with Gasteiger partial charge in [0, 0.05) is 13.2 Å². The van der Waals surface area contributed by atoms with Crippen LogP contribution >= 0.6 is 0 Å². The average Bonchev–Trinajstić information content (AvgIpc) is 1.87. The second kappa shape index (κ2) is 6.58. The molecule has 0 aliphatic carbocycles. The SMILES string of the molecule is CC(O)CCOC(C)CCO. The molecule has 2 unspecified atom stereocenters. The Hall–Kier alpha value is -0.120. The fourth-order valence-corrected chi connectivity index (χ4v) is 0.705. The van der Waals surface area contributed by atoms with Gasteiger partial charge < -0.3 is 14.9 Å². The molecule has 0 spiro atoms. The minimum Gasteiger partial charge on any atom is -0.396 e. The normalized spacial score (nSPS) is 16.4. The quantitative estimate of drug-likeness (QED) is 0.599. The van der Waals surface area contributed by atoms with Crippen molar-refractivity contribution in [3.8, 4) is 0 Å². The molecule has 0 heterocycles. The van der Waals surface area contributed by atoms with Crippen molar-refractivity contribution in [2.75, 3.05) is 13.2 Å². The first-order valence-corrected chi connectivity index (χ1v) is 4.07. The van der Waals surface area contributed by atoms with Gasteiger partial charge in [-0.05, 0) is 26.7 Å². The second-order valence-electron chi connectivity index (χ2n) is 2.83. The van der Waals surface area contributed by atoms with Gasteiger partial charge in [0.05, 0.1) is 12.2 Å². The van der Waals surface area contributed by atoms with E-state index in [1.807, 2.05) is 6.92 Å². The number of hydrogen-bond donors (Lipinski definition) is 2. The Kier molecular flexibility index (Phi) is 6.51. The van der Waals surface area contributed by atoms with Crippen molar-refractivity contribution in [3.05, 3.63) is 0 Å². The molecular weight excluding hydrogens is 144 g/mol. The summed E-state index contributed by atoms with van der Waals surface area (Å²) in [4.78, 5) is 0. The molecule has 0 fully saturated rings. The van der Waals surface area contributed by atoms with Gasteiger partial charge in [-0.3, -0.25) is 0 Å². The van der Waals surface area contributed by atoms with Crippen LogP contribution in [0.1, 0.15) is 26.7 Å². The van der Waals surface area contributed by atoms with E-state index in [2.05, 4.69) is 0 Å². The van der Waals surface area contributed by atoms with Crippen LogP contribution in [-0.4, -0.2) is 35.6 Å². The first-order valence-electron chi connectivity index (χ1n) is 4.07. The molecule has 68 valence electrons. The second-order valence-corrected chi connectivity index (χ2v) is 2.83. The summed E-state index contributed by atoms with van der Waals surface area (Å²) in [6.07, 6.45) is 1.13. The summed E-state index contributed by atoms with van der Waals surface area (Å²) in [5.41, 5.74) is 0. The standard InChI is InChI=1S/C8H18O3/c1-7(10)4-6-11-8(2)3-5-9/h7-10H,3-6H2,1-2H3. The van der Waals surface area contributed by atoms with Crippen molar-refractivity contribution in [1.29, 1.82) is 0 Å². The number of hydrogen-bond acceptors (Lipinski definition) is 3. The van der Waals surface area contributed by atoms with Crippen LogP contribution in [0.5, 0.6) is 0 Å². The topological polar surface area (TPSA) is 49.7 Å². The van der Waals surface area contributed by atoms with E-state index in [1.54, 1.807) is 6.92 Å². The van der Waals surface area contributed by atoms with Gasteiger partial charge in [-0.25, -0.2) is 0 Å². The highest BCUT2D eigenvalue weighted by Crippen LogP contribution is 1.98. The summed E-state index contributed by atoms with van der Waals surface area (Å²) in [6.45, 7) is 4.38. The molecule has 3 heteroatoms. The molecular formula is C8H18O3. The summed E-state index contributed by atoms with van der Waals surface area (Å²) in [6, 6.07) is 0. The number of ether oxygens (including phenoxy) is 1. The Morgan fingerprint density at radius 3 is 2.36 bits per heavy atom. The third-order valence-corrected chi connectivity index (χ3v) is 1.47. The lowest BCUT2D eigenvalue weighted by molar-refractivity contribution is 0.0286. The molecule has 0 saturated carbocycles. The third-order valence-electron chi connectivity index (χ3n) is 1.47. The average molecular weight is 162 g/mol. The van der Waals surface area contributed by atoms with Crippen molar-refractivity contribution in [3.63, 3.8) is 0 Å². The lowest BCUT2D eigenvalue weighted by Crippen LogP contribution is -2.13. The van der Waals surface area contributed by atoms with Crippen LogP contribution in [0, 0.1) is 0 Å². The monoisotopic (exact) mass is 162 g/mol. The van der Waals surface area contributed by atoms with Gasteiger partial charge in [0.25, 0.3) is 0 Å². The molecule has 2 N–H and O–H groups in total. The van der Waals surface area contributed by atoms with Gasteiger partial charge in [0.1, 0.15) is 0 Å². The van der Waals surface area contributed by atoms with Crippen LogP contribution in [0.25, 0.3) is 0 Å². The van der Waals surface area contributed by atoms with Gasteiger partial charge in [0.15, 0.2) is 0 Å². The zero-order valence-corrected chi connectivity index (χ0v) is 7.29. The molecule has 0 aromatic rings. The van der Waals surface area contributed by atoms with Gasteiger partial charge in [0.2, 0.25) is 0 Å². The first kappa shape index (κ1) is 10.9. The maximum Gasteiger partial charge on any atom is 0.0568 e. The van der Waals surface area contributed by atoms with E-state index in [9.17, 15) is 0 Å². The third kappa shape index (κ3) is 7.78. The Bertz CT molecular complexity index is 83.4. The number of aliphatic hydroxyl groups is 2. The lowest BCUT2D eigenvalue weighted by atomic mass is 10.3. The molecule has 0 radical (unpaired) electrons. The molecule has 0 rings (SSSR count). The fourth-order valence-electron chi connectivity index (χ4n) is 0.705. The van der Waals surface area contributed by atoms with Crippen LogP contribution < -0.4 is 0 Å². The Morgan fingerprint density at radius 1 is 1.27 bits per heavy atom. The summed E-state index contributed by atoms with van der Waals surface area (Å²) in [7, 11) is 0. The maximum atomic E-state index is 8.87. The molecule has 3 nitrogen and oxygen atoms in total. The Labute approximate surface area is 68.0 Å². The molecule has 0 amide bonds. The van der Waals surface area contributed by atoms with Crippen molar-refractivity contribution < 1.29 is 14.9 Å². The summed E-state index contributed by atoms with van der Waals surface area (Å²) >= 11 is 0. The summed E-state index contributed by atoms with van der Waals surface area (Å²) in [5.74, 6) is 0. The molecule has 2 atom stereocenters.